The Hall–Kier alpha value is -1.07. The van der Waals surface area contributed by atoms with Gasteiger partial charge in [-0.3, -0.25) is 4.90 Å². The van der Waals surface area contributed by atoms with Gasteiger partial charge in [0.15, 0.2) is 0 Å². The summed E-state index contributed by atoms with van der Waals surface area (Å²) in [5.41, 5.74) is 5.18. The third-order valence-electron chi connectivity index (χ3n) is 4.14. The lowest BCUT2D eigenvalue weighted by molar-refractivity contribution is -0.139. The zero-order valence-corrected chi connectivity index (χ0v) is 12.5. The first-order valence-electron chi connectivity index (χ1n) is 6.74. The summed E-state index contributed by atoms with van der Waals surface area (Å²) in [5.74, 6) is 0. The van der Waals surface area contributed by atoms with Gasteiger partial charge in [-0.2, -0.15) is 13.2 Å². The number of nitrogens with two attached hydrogens (primary N) is 1. The molecule has 0 fully saturated rings. The first-order chi connectivity index (χ1) is 9.15. The molecular formula is C15H23F3N2. The summed E-state index contributed by atoms with van der Waals surface area (Å²) in [7, 11) is 1.83. The monoisotopic (exact) mass is 288 g/mol. The SMILES string of the molecule is CCC(C)(C)N(C)C(CN)c1ccccc1C(F)(F)F. The van der Waals surface area contributed by atoms with Gasteiger partial charge in [-0.15, -0.1) is 0 Å². The van der Waals surface area contributed by atoms with Crippen LogP contribution in [0.2, 0.25) is 0 Å². The van der Waals surface area contributed by atoms with E-state index in [0.717, 1.165) is 12.5 Å². The molecule has 5 heteroatoms. The van der Waals surface area contributed by atoms with E-state index >= 15 is 0 Å². The average molecular weight is 288 g/mol. The molecule has 1 aromatic carbocycles. The number of rotatable bonds is 5. The molecular weight excluding hydrogens is 265 g/mol. The highest BCUT2D eigenvalue weighted by molar-refractivity contribution is 5.33. The van der Waals surface area contributed by atoms with Crippen LogP contribution in [0.1, 0.15) is 44.4 Å². The number of hydrogen-bond donors (Lipinski definition) is 1. The minimum absolute atomic E-state index is 0.146. The maximum Gasteiger partial charge on any atom is 0.416 e. The second-order valence-corrected chi connectivity index (χ2v) is 5.61. The van der Waals surface area contributed by atoms with Crippen molar-refractivity contribution in [2.24, 2.45) is 5.73 Å². The Morgan fingerprint density at radius 3 is 2.20 bits per heavy atom. The Morgan fingerprint density at radius 2 is 1.75 bits per heavy atom. The molecule has 0 bridgehead atoms. The van der Waals surface area contributed by atoms with Gasteiger partial charge in [-0.25, -0.2) is 0 Å². The third kappa shape index (κ3) is 3.52. The summed E-state index contributed by atoms with van der Waals surface area (Å²) < 4.78 is 39.4. The number of hydrogen-bond acceptors (Lipinski definition) is 2. The van der Waals surface area contributed by atoms with Crippen molar-refractivity contribution in [3.05, 3.63) is 35.4 Å². The summed E-state index contributed by atoms with van der Waals surface area (Å²) in [6, 6.07) is 5.21. The van der Waals surface area contributed by atoms with Crippen LogP contribution in [-0.2, 0) is 6.18 Å². The molecule has 0 aliphatic carbocycles. The molecule has 0 heterocycles. The highest BCUT2D eigenvalue weighted by Gasteiger charge is 2.37. The van der Waals surface area contributed by atoms with Crippen molar-refractivity contribution in [1.82, 2.24) is 4.90 Å². The van der Waals surface area contributed by atoms with E-state index in [2.05, 4.69) is 0 Å². The van der Waals surface area contributed by atoms with Gasteiger partial charge in [0.05, 0.1) is 5.56 Å². The van der Waals surface area contributed by atoms with Gasteiger partial charge in [0.2, 0.25) is 0 Å². The molecule has 0 amide bonds. The molecule has 114 valence electrons. The van der Waals surface area contributed by atoms with Crippen LogP contribution >= 0.6 is 0 Å². The van der Waals surface area contributed by atoms with Crippen LogP contribution in [0.5, 0.6) is 0 Å². The second-order valence-electron chi connectivity index (χ2n) is 5.61. The molecule has 0 saturated heterocycles. The normalized spacial score (nSPS) is 14.7. The summed E-state index contributed by atoms with van der Waals surface area (Å²) in [5, 5.41) is 0. The molecule has 1 aromatic rings. The van der Waals surface area contributed by atoms with Crippen LogP contribution in [0.4, 0.5) is 13.2 Å². The lowest BCUT2D eigenvalue weighted by Crippen LogP contribution is -2.45. The number of nitrogens with zero attached hydrogens (tertiary/aromatic N) is 1. The number of benzene rings is 1. The highest BCUT2D eigenvalue weighted by atomic mass is 19.4. The Morgan fingerprint density at radius 1 is 1.20 bits per heavy atom. The number of alkyl halides is 3. The molecule has 1 atom stereocenters. The van der Waals surface area contributed by atoms with Gasteiger partial charge < -0.3 is 5.73 Å². The smallest absolute Gasteiger partial charge is 0.329 e. The lowest BCUT2D eigenvalue weighted by atomic mass is 9.92. The van der Waals surface area contributed by atoms with Gasteiger partial charge in [0.1, 0.15) is 0 Å². The molecule has 0 spiro atoms. The van der Waals surface area contributed by atoms with E-state index in [1.54, 1.807) is 6.07 Å². The summed E-state index contributed by atoms with van der Waals surface area (Å²) in [4.78, 5) is 1.93. The van der Waals surface area contributed by atoms with Gasteiger partial charge in [-0.05, 0) is 38.9 Å². The van der Waals surface area contributed by atoms with E-state index in [9.17, 15) is 13.2 Å². The Balaban J connectivity index is 3.27. The van der Waals surface area contributed by atoms with Gasteiger partial charge in [0.25, 0.3) is 0 Å². The van der Waals surface area contributed by atoms with Crippen molar-refractivity contribution >= 4 is 0 Å². The lowest BCUT2D eigenvalue weighted by Gasteiger charge is -2.41. The molecule has 2 nitrogen and oxygen atoms in total. The minimum atomic E-state index is -4.36. The average Bonchev–Trinajstić information content (AvgIpc) is 2.39. The second kappa shape index (κ2) is 6.14. The van der Waals surface area contributed by atoms with Crippen LogP contribution < -0.4 is 5.73 Å². The molecule has 20 heavy (non-hydrogen) atoms. The van der Waals surface area contributed by atoms with Crippen LogP contribution in [0, 0.1) is 0 Å². The van der Waals surface area contributed by atoms with E-state index in [-0.39, 0.29) is 17.6 Å². The van der Waals surface area contributed by atoms with Gasteiger partial charge >= 0.3 is 6.18 Å². The number of likely N-dealkylation sites (N-methyl/N-ethyl adjacent to an activating group) is 1. The van der Waals surface area contributed by atoms with Crippen molar-refractivity contribution in [3.8, 4) is 0 Å². The van der Waals surface area contributed by atoms with E-state index in [1.807, 2.05) is 32.7 Å². The predicted molar refractivity (Wildman–Crippen MR) is 75.4 cm³/mol. The van der Waals surface area contributed by atoms with Crippen molar-refractivity contribution < 1.29 is 13.2 Å². The summed E-state index contributed by atoms with van der Waals surface area (Å²) in [6.45, 7) is 6.17. The zero-order chi connectivity index (χ0) is 15.6. The van der Waals surface area contributed by atoms with E-state index in [1.165, 1.54) is 12.1 Å². The third-order valence-corrected chi connectivity index (χ3v) is 4.14. The van der Waals surface area contributed by atoms with Crippen molar-refractivity contribution in [2.45, 2.75) is 44.9 Å². The molecule has 1 rings (SSSR count). The largest absolute Gasteiger partial charge is 0.416 e. The summed E-state index contributed by atoms with van der Waals surface area (Å²) >= 11 is 0. The van der Waals surface area contributed by atoms with Crippen molar-refractivity contribution in [1.29, 1.82) is 0 Å². The highest BCUT2D eigenvalue weighted by Crippen LogP contribution is 2.37. The molecule has 0 aliphatic rings. The molecule has 0 aliphatic heterocycles. The van der Waals surface area contributed by atoms with Gasteiger partial charge in [0, 0.05) is 18.1 Å². The first-order valence-corrected chi connectivity index (χ1v) is 6.74. The minimum Gasteiger partial charge on any atom is -0.329 e. The fraction of sp³-hybridized carbons (Fsp3) is 0.600. The van der Waals surface area contributed by atoms with Crippen molar-refractivity contribution in [2.75, 3.05) is 13.6 Å². The van der Waals surface area contributed by atoms with Crippen LogP contribution in [0.25, 0.3) is 0 Å². The maximum absolute atomic E-state index is 13.1. The standard InChI is InChI=1S/C15H23F3N2/c1-5-14(2,3)20(4)13(10-19)11-8-6-7-9-12(11)15(16,17)18/h6-9,13H,5,10,19H2,1-4H3. The number of halogens is 3. The Labute approximate surface area is 118 Å². The van der Waals surface area contributed by atoms with E-state index in [4.69, 9.17) is 5.73 Å². The quantitative estimate of drug-likeness (QED) is 0.892. The summed E-state index contributed by atoms with van der Waals surface area (Å²) in [6.07, 6.45) is -3.53. The zero-order valence-electron chi connectivity index (χ0n) is 12.5. The predicted octanol–water partition coefficient (Wildman–Crippen LogP) is 3.83. The molecule has 2 N–H and O–H groups in total. The maximum atomic E-state index is 13.1. The van der Waals surface area contributed by atoms with Crippen LogP contribution in [0.15, 0.2) is 24.3 Å². The molecule has 0 saturated carbocycles. The molecule has 1 unspecified atom stereocenters. The van der Waals surface area contributed by atoms with Crippen molar-refractivity contribution in [3.63, 3.8) is 0 Å². The fourth-order valence-electron chi connectivity index (χ4n) is 2.21. The Bertz CT molecular complexity index is 441. The van der Waals surface area contributed by atoms with Gasteiger partial charge in [-0.1, -0.05) is 25.1 Å². The Kier molecular flexibility index (Phi) is 5.21. The molecule has 0 aromatic heterocycles. The topological polar surface area (TPSA) is 29.3 Å². The van der Waals surface area contributed by atoms with E-state index < -0.39 is 17.8 Å². The van der Waals surface area contributed by atoms with E-state index in [0.29, 0.717) is 0 Å². The first kappa shape index (κ1) is 17.0. The fourth-order valence-corrected chi connectivity index (χ4v) is 2.21. The molecule has 0 radical (unpaired) electrons. The van der Waals surface area contributed by atoms with Crippen LogP contribution in [-0.4, -0.2) is 24.0 Å². The van der Waals surface area contributed by atoms with Crippen LogP contribution in [0.3, 0.4) is 0 Å².